The molecule has 0 spiro atoms. The number of hydrogen-bond acceptors (Lipinski definition) is 9. The first-order valence-corrected chi connectivity index (χ1v) is 25.2. The summed E-state index contributed by atoms with van der Waals surface area (Å²) in [6.07, 6.45) is 34.2. The number of carbonyl (C=O) groups is 3. The van der Waals surface area contributed by atoms with Crippen LogP contribution in [-0.2, 0) is 23.9 Å². The molecule has 0 amide bonds. The van der Waals surface area contributed by atoms with Crippen LogP contribution < -0.4 is 10.6 Å². The minimum atomic E-state index is -1.03. The Balaban J connectivity index is 2.34. The molecule has 9 heteroatoms. The van der Waals surface area contributed by atoms with Crippen LogP contribution in [0, 0.1) is 11.8 Å². The van der Waals surface area contributed by atoms with E-state index in [9.17, 15) is 19.5 Å². The van der Waals surface area contributed by atoms with E-state index in [0.29, 0.717) is 55.8 Å². The van der Waals surface area contributed by atoms with Crippen molar-refractivity contribution in [1.82, 2.24) is 15.5 Å². The van der Waals surface area contributed by atoms with E-state index in [1.54, 1.807) is 7.05 Å². The summed E-state index contributed by atoms with van der Waals surface area (Å²) >= 11 is 0. The van der Waals surface area contributed by atoms with Crippen molar-refractivity contribution in [2.24, 2.45) is 11.8 Å². The zero-order valence-corrected chi connectivity index (χ0v) is 39.3. The lowest BCUT2D eigenvalue weighted by molar-refractivity contribution is -0.145. The predicted octanol–water partition coefficient (Wildman–Crippen LogP) is 11.7. The van der Waals surface area contributed by atoms with Crippen LogP contribution in [0.15, 0.2) is 11.4 Å². The van der Waals surface area contributed by atoms with Crippen molar-refractivity contribution in [3.8, 4) is 0 Å². The second-order valence-corrected chi connectivity index (χ2v) is 17.7. The van der Waals surface area contributed by atoms with Gasteiger partial charge in [-0.1, -0.05) is 169 Å². The van der Waals surface area contributed by atoms with E-state index in [4.69, 9.17) is 9.47 Å². The highest BCUT2D eigenvalue weighted by Crippen LogP contribution is 2.23. The molecule has 0 aromatic rings. The molecule has 0 saturated heterocycles. The van der Waals surface area contributed by atoms with E-state index >= 15 is 0 Å². The Morgan fingerprint density at radius 3 is 1.36 bits per heavy atom. The lowest BCUT2D eigenvalue weighted by Gasteiger charge is -2.29. The molecule has 1 rings (SSSR count). The van der Waals surface area contributed by atoms with Gasteiger partial charge < -0.3 is 30.1 Å². The number of nitrogens with one attached hydrogen (secondary N) is 2. The first-order chi connectivity index (χ1) is 28.8. The van der Waals surface area contributed by atoms with Gasteiger partial charge in [-0.3, -0.25) is 14.4 Å². The Morgan fingerprint density at radius 1 is 0.559 bits per heavy atom. The van der Waals surface area contributed by atoms with Gasteiger partial charge in [-0.2, -0.15) is 0 Å². The van der Waals surface area contributed by atoms with Crippen LogP contribution in [0.1, 0.15) is 227 Å². The minimum Gasteiger partial charge on any atom is -0.466 e. The molecule has 3 N–H and O–H groups in total. The molecular weight excluding hydrogens is 739 g/mol. The fraction of sp³-hybridized carbons (Fsp3) is 0.900. The SMILES string of the molecule is CCCCCC(CCCCC)CCOC(=O)CCCCCCCN(CCCCCCCC(=O)OCCC(CCCCC)CCCCC)CCCNC1=C(NC)C(=O)C1O. The number of esters is 2. The van der Waals surface area contributed by atoms with E-state index in [0.717, 1.165) is 103 Å². The highest BCUT2D eigenvalue weighted by Gasteiger charge is 2.37. The fourth-order valence-electron chi connectivity index (χ4n) is 8.45. The summed E-state index contributed by atoms with van der Waals surface area (Å²) in [5.74, 6) is 1.08. The maximum absolute atomic E-state index is 12.4. The average Bonchev–Trinajstić information content (AvgIpc) is 3.23. The maximum Gasteiger partial charge on any atom is 0.305 e. The van der Waals surface area contributed by atoms with Gasteiger partial charge >= 0.3 is 11.9 Å². The smallest absolute Gasteiger partial charge is 0.305 e. The highest BCUT2D eigenvalue weighted by molar-refractivity contribution is 6.07. The number of likely N-dealkylation sites (N-methyl/N-ethyl adjacent to an activating group) is 1. The number of ketones is 1. The van der Waals surface area contributed by atoms with Crippen molar-refractivity contribution in [2.45, 2.75) is 233 Å². The number of aliphatic hydroxyl groups excluding tert-OH is 1. The second-order valence-electron chi connectivity index (χ2n) is 17.7. The molecule has 1 unspecified atom stereocenters. The monoisotopic (exact) mass is 834 g/mol. The summed E-state index contributed by atoms with van der Waals surface area (Å²) in [6, 6.07) is 0. The van der Waals surface area contributed by atoms with Gasteiger partial charge in [0.05, 0.1) is 18.9 Å². The molecule has 0 heterocycles. The van der Waals surface area contributed by atoms with E-state index < -0.39 is 6.10 Å². The Bertz CT molecular complexity index is 991. The molecule has 1 atom stereocenters. The van der Waals surface area contributed by atoms with Crippen molar-refractivity contribution in [1.29, 1.82) is 0 Å². The van der Waals surface area contributed by atoms with Crippen molar-refractivity contribution >= 4 is 17.7 Å². The summed E-state index contributed by atoms with van der Waals surface area (Å²) in [5, 5.41) is 16.2. The van der Waals surface area contributed by atoms with Gasteiger partial charge in [0.1, 0.15) is 5.70 Å². The lowest BCUT2D eigenvalue weighted by atomic mass is 9.92. The molecule has 1 aliphatic carbocycles. The Kier molecular flexibility index (Phi) is 36.1. The molecule has 0 aromatic carbocycles. The summed E-state index contributed by atoms with van der Waals surface area (Å²) in [4.78, 5) is 39.3. The third kappa shape index (κ3) is 28.9. The standard InChI is InChI=1S/C50H95N3O6/c1-6-10-20-29-43(30-21-11-7-2)35-41-58-45(54)33-24-16-14-18-26-38-53(40-28-37-52-48-47(51-5)49(56)50(48)57)39-27-19-15-17-25-34-46(55)59-42-36-44(31-22-12-8-3)32-23-13-9-4/h43-44,50-52,57H,6-42H2,1-5H3. The van der Waals surface area contributed by atoms with Crippen LogP contribution >= 0.6 is 0 Å². The molecule has 346 valence electrons. The van der Waals surface area contributed by atoms with Crippen LogP contribution in [-0.4, -0.2) is 80.3 Å². The van der Waals surface area contributed by atoms with E-state index in [2.05, 4.69) is 43.2 Å². The number of rotatable bonds is 44. The van der Waals surface area contributed by atoms with Gasteiger partial charge in [0.25, 0.3) is 0 Å². The fourth-order valence-corrected chi connectivity index (χ4v) is 8.45. The van der Waals surface area contributed by atoms with Crippen molar-refractivity contribution in [2.75, 3.05) is 46.4 Å². The van der Waals surface area contributed by atoms with E-state index in [-0.39, 0.29) is 17.7 Å². The largest absolute Gasteiger partial charge is 0.466 e. The summed E-state index contributed by atoms with van der Waals surface area (Å²) in [5.41, 5.74) is 1.10. The number of ether oxygens (including phenoxy) is 2. The van der Waals surface area contributed by atoms with Gasteiger partial charge in [0, 0.05) is 26.4 Å². The molecule has 0 fully saturated rings. The normalized spacial score (nSPS) is 14.1. The quantitative estimate of drug-likeness (QED) is 0.0407. The topological polar surface area (TPSA) is 117 Å². The zero-order chi connectivity index (χ0) is 43.2. The molecule has 9 nitrogen and oxygen atoms in total. The summed E-state index contributed by atoms with van der Waals surface area (Å²) < 4.78 is 11.3. The summed E-state index contributed by atoms with van der Waals surface area (Å²) in [7, 11) is 1.71. The first kappa shape index (κ1) is 54.9. The number of aliphatic hydroxyl groups is 1. The van der Waals surface area contributed by atoms with Gasteiger partial charge in [-0.15, -0.1) is 0 Å². The van der Waals surface area contributed by atoms with Crippen molar-refractivity contribution in [3.05, 3.63) is 11.4 Å². The molecule has 0 radical (unpaired) electrons. The number of unbranched alkanes of at least 4 members (excludes halogenated alkanes) is 16. The second kappa shape index (κ2) is 38.8. The Hall–Kier alpha value is -2.13. The van der Waals surface area contributed by atoms with Crippen LogP contribution in [0.4, 0.5) is 0 Å². The molecule has 0 aromatic heterocycles. The lowest BCUT2D eigenvalue weighted by Crippen LogP contribution is -2.47. The number of nitrogens with zero attached hydrogens (tertiary/aromatic N) is 1. The van der Waals surface area contributed by atoms with Gasteiger partial charge in [-0.05, 0) is 76.4 Å². The summed E-state index contributed by atoms with van der Waals surface area (Å²) in [6.45, 7) is 14.0. The third-order valence-corrected chi connectivity index (χ3v) is 12.4. The van der Waals surface area contributed by atoms with Gasteiger partial charge in [0.2, 0.25) is 5.78 Å². The molecule has 0 saturated carbocycles. The van der Waals surface area contributed by atoms with Gasteiger partial charge in [0.15, 0.2) is 6.10 Å². The number of carbonyl (C=O) groups excluding carboxylic acids is 3. The van der Waals surface area contributed by atoms with Crippen LogP contribution in [0.5, 0.6) is 0 Å². The van der Waals surface area contributed by atoms with Gasteiger partial charge in [-0.25, -0.2) is 0 Å². The first-order valence-electron chi connectivity index (χ1n) is 25.2. The van der Waals surface area contributed by atoms with Crippen LogP contribution in [0.3, 0.4) is 0 Å². The van der Waals surface area contributed by atoms with Crippen molar-refractivity contribution < 1.29 is 29.0 Å². The number of hydrogen-bond donors (Lipinski definition) is 3. The molecule has 59 heavy (non-hydrogen) atoms. The molecule has 1 aliphatic rings. The average molecular weight is 834 g/mol. The molecule has 0 bridgehead atoms. The third-order valence-electron chi connectivity index (χ3n) is 12.4. The van der Waals surface area contributed by atoms with E-state index in [1.807, 2.05) is 0 Å². The van der Waals surface area contributed by atoms with Crippen LogP contribution in [0.2, 0.25) is 0 Å². The van der Waals surface area contributed by atoms with E-state index in [1.165, 1.54) is 103 Å². The minimum absolute atomic E-state index is 0.0309. The maximum atomic E-state index is 12.4. The molecule has 0 aliphatic heterocycles. The number of Topliss-reactive ketones (excluding diaryl/α,β-unsaturated/α-hetero) is 1. The molecular formula is C50H95N3O6. The van der Waals surface area contributed by atoms with Crippen LogP contribution in [0.25, 0.3) is 0 Å². The van der Waals surface area contributed by atoms with Crippen molar-refractivity contribution in [3.63, 3.8) is 0 Å². The Labute approximate surface area is 363 Å². The predicted molar refractivity (Wildman–Crippen MR) is 246 cm³/mol. The highest BCUT2D eigenvalue weighted by atomic mass is 16.5. The zero-order valence-electron chi connectivity index (χ0n) is 39.3. The Morgan fingerprint density at radius 2 is 0.949 bits per heavy atom.